The van der Waals surface area contributed by atoms with E-state index in [9.17, 15) is 19.2 Å². The summed E-state index contributed by atoms with van der Waals surface area (Å²) in [6.07, 6.45) is -1.07. The number of nitrogens with zero attached hydrogens (tertiary/aromatic N) is 2. The number of carbonyl (C=O) groups is 2. The fourth-order valence-electron chi connectivity index (χ4n) is 4.94. The van der Waals surface area contributed by atoms with Gasteiger partial charge in [0.2, 0.25) is 0 Å². The highest BCUT2D eigenvalue weighted by atomic mass is 16.8. The van der Waals surface area contributed by atoms with Crippen molar-refractivity contribution in [2.24, 2.45) is 0 Å². The zero-order chi connectivity index (χ0) is 26.2. The van der Waals surface area contributed by atoms with Crippen LogP contribution in [-0.2, 0) is 35.1 Å². The van der Waals surface area contributed by atoms with E-state index in [1.54, 1.807) is 13.8 Å². The smallest absolute Gasteiger partial charge is 0.410 e. The van der Waals surface area contributed by atoms with Crippen LogP contribution in [0.2, 0.25) is 0 Å². The lowest BCUT2D eigenvalue weighted by Gasteiger charge is -2.26. The molecule has 0 aliphatic carbocycles. The van der Waals surface area contributed by atoms with Gasteiger partial charge in [-0.1, -0.05) is 30.3 Å². The number of fused-ring (bicyclic) bond motifs is 1. The zero-order valence-corrected chi connectivity index (χ0v) is 20.5. The van der Waals surface area contributed by atoms with Crippen molar-refractivity contribution < 1.29 is 33.3 Å². The number of rotatable bonds is 6. The Morgan fingerprint density at radius 3 is 2.59 bits per heavy atom. The largest absolute Gasteiger partial charge is 0.461 e. The molecular weight excluding hydrogens is 486 g/mol. The van der Waals surface area contributed by atoms with E-state index in [-0.39, 0.29) is 13.2 Å². The maximum absolute atomic E-state index is 13.0. The second-order valence-electron chi connectivity index (χ2n) is 9.67. The van der Waals surface area contributed by atoms with E-state index in [2.05, 4.69) is 4.98 Å². The van der Waals surface area contributed by atoms with Crippen LogP contribution in [0.4, 0.5) is 4.79 Å². The molecule has 1 amide bonds. The minimum atomic E-state index is -0.948. The van der Waals surface area contributed by atoms with Crippen molar-refractivity contribution in [3.05, 3.63) is 69.0 Å². The summed E-state index contributed by atoms with van der Waals surface area (Å²) in [4.78, 5) is 53.0. The lowest BCUT2D eigenvalue weighted by Crippen LogP contribution is -2.43. The molecule has 1 N–H and O–H groups in total. The van der Waals surface area contributed by atoms with E-state index in [4.69, 9.17) is 23.7 Å². The molecule has 3 aliphatic rings. The maximum atomic E-state index is 13.0. The van der Waals surface area contributed by atoms with Gasteiger partial charge in [0.15, 0.2) is 12.0 Å². The van der Waals surface area contributed by atoms with Crippen molar-refractivity contribution in [2.75, 3.05) is 13.2 Å². The number of nitrogens with one attached hydrogen (secondary N) is 1. The van der Waals surface area contributed by atoms with Crippen LogP contribution in [0.15, 0.2) is 52.2 Å². The zero-order valence-electron chi connectivity index (χ0n) is 20.5. The number of carbonyl (C=O) groups excluding carboxylic acids is 2. The van der Waals surface area contributed by atoms with Gasteiger partial charge in [0.1, 0.15) is 37.6 Å². The number of esters is 1. The molecule has 4 heterocycles. The number of hydrogen-bond acceptors (Lipinski definition) is 9. The first kappa shape index (κ1) is 25.2. The van der Waals surface area contributed by atoms with Crippen molar-refractivity contribution >= 4 is 12.1 Å². The lowest BCUT2D eigenvalue weighted by atomic mass is 10.1. The summed E-state index contributed by atoms with van der Waals surface area (Å²) in [7, 11) is 0. The number of amides is 1. The molecule has 3 saturated heterocycles. The molecule has 0 bridgehead atoms. The molecule has 3 aliphatic heterocycles. The Kier molecular flexibility index (Phi) is 6.88. The average Bonchev–Trinajstić information content (AvgIpc) is 3.56. The topological polar surface area (TPSA) is 138 Å². The summed E-state index contributed by atoms with van der Waals surface area (Å²) in [6.45, 7) is 3.80. The minimum absolute atomic E-state index is 0.107. The molecule has 37 heavy (non-hydrogen) atoms. The Labute approximate surface area is 212 Å². The number of benzene rings is 1. The number of hydrogen-bond donors (Lipinski definition) is 1. The highest BCUT2D eigenvalue weighted by Crippen LogP contribution is 2.42. The molecule has 0 saturated carbocycles. The van der Waals surface area contributed by atoms with E-state index in [1.807, 2.05) is 30.3 Å². The van der Waals surface area contributed by atoms with E-state index in [0.717, 1.165) is 5.56 Å². The minimum Gasteiger partial charge on any atom is -0.461 e. The molecule has 12 heteroatoms. The first-order valence-corrected chi connectivity index (χ1v) is 12.2. The molecule has 0 unspecified atom stereocenters. The van der Waals surface area contributed by atoms with Crippen molar-refractivity contribution in [1.29, 1.82) is 0 Å². The second kappa shape index (κ2) is 10.1. The van der Waals surface area contributed by atoms with Crippen LogP contribution in [0.5, 0.6) is 0 Å². The summed E-state index contributed by atoms with van der Waals surface area (Å²) in [6, 6.07) is 9.72. The van der Waals surface area contributed by atoms with Gasteiger partial charge in [-0.15, -0.1) is 0 Å². The monoisotopic (exact) mass is 515 g/mol. The summed E-state index contributed by atoms with van der Waals surface area (Å²) in [5.74, 6) is -1.52. The fraction of sp³-hybridized carbons (Fsp3) is 0.520. The average molecular weight is 516 g/mol. The van der Waals surface area contributed by atoms with Crippen LogP contribution in [-0.4, -0.2) is 69.8 Å². The Balaban J connectivity index is 1.22. The Morgan fingerprint density at radius 1 is 1.08 bits per heavy atom. The van der Waals surface area contributed by atoms with Gasteiger partial charge >= 0.3 is 17.8 Å². The standard InChI is InChI=1S/C25H29N3O9/c1-25(2)36-19-17(35-21(20(19)37-25)28-12-10-18(29)26-23(28)31)14-33-22(30)16-9-6-11-27(16)24(32)34-13-15-7-4-3-5-8-15/h3-5,7-8,10,12,16-17,19-21H,6,9,11,13-14H2,1-2H3,(H,26,29,31)/t16-,17-,19-,20+,21-/m0/s1. The summed E-state index contributed by atoms with van der Waals surface area (Å²) < 4.78 is 30.1. The van der Waals surface area contributed by atoms with E-state index >= 15 is 0 Å². The molecular formula is C25H29N3O9. The van der Waals surface area contributed by atoms with Gasteiger partial charge in [0.05, 0.1) is 0 Å². The Morgan fingerprint density at radius 2 is 1.84 bits per heavy atom. The van der Waals surface area contributed by atoms with Crippen LogP contribution in [0.3, 0.4) is 0 Å². The number of aromatic amines is 1. The molecule has 12 nitrogen and oxygen atoms in total. The number of ether oxygens (including phenoxy) is 5. The van der Waals surface area contributed by atoms with Gasteiger partial charge in [-0.25, -0.2) is 14.4 Å². The van der Waals surface area contributed by atoms with Crippen LogP contribution in [0.25, 0.3) is 0 Å². The Bertz CT molecular complexity index is 1260. The van der Waals surface area contributed by atoms with E-state index in [1.165, 1.54) is 21.7 Å². The molecule has 5 atom stereocenters. The van der Waals surface area contributed by atoms with Gasteiger partial charge in [-0.3, -0.25) is 19.2 Å². The van der Waals surface area contributed by atoms with E-state index < -0.39 is 59.7 Å². The maximum Gasteiger partial charge on any atom is 0.410 e. The van der Waals surface area contributed by atoms with Crippen LogP contribution >= 0.6 is 0 Å². The SMILES string of the molecule is CC1(C)O[C@@H]2[C@@H](O1)[C@@H](n1ccc(=O)[nH]c1=O)O[C@H]2COC(=O)[C@@H]1CCCN1C(=O)OCc1ccccc1. The number of aromatic nitrogens is 2. The highest BCUT2D eigenvalue weighted by molar-refractivity contribution is 5.82. The quantitative estimate of drug-likeness (QED) is 0.564. The first-order chi connectivity index (χ1) is 17.7. The predicted molar refractivity (Wildman–Crippen MR) is 126 cm³/mol. The van der Waals surface area contributed by atoms with Gasteiger partial charge in [0, 0.05) is 18.8 Å². The van der Waals surface area contributed by atoms with Crippen LogP contribution < -0.4 is 11.2 Å². The van der Waals surface area contributed by atoms with Gasteiger partial charge in [-0.2, -0.15) is 0 Å². The van der Waals surface area contributed by atoms with Crippen LogP contribution in [0.1, 0.15) is 38.5 Å². The number of likely N-dealkylation sites (tertiary alicyclic amines) is 1. The molecule has 0 radical (unpaired) electrons. The van der Waals surface area contributed by atoms with Gasteiger partial charge < -0.3 is 23.7 Å². The third-order valence-electron chi connectivity index (χ3n) is 6.60. The van der Waals surface area contributed by atoms with Crippen LogP contribution in [0, 0.1) is 0 Å². The third-order valence-corrected chi connectivity index (χ3v) is 6.60. The van der Waals surface area contributed by atoms with Gasteiger partial charge in [-0.05, 0) is 32.3 Å². The first-order valence-electron chi connectivity index (χ1n) is 12.2. The molecule has 3 fully saturated rings. The third kappa shape index (κ3) is 5.31. The molecule has 5 rings (SSSR count). The second-order valence-corrected chi connectivity index (χ2v) is 9.67. The molecule has 198 valence electrons. The van der Waals surface area contributed by atoms with Crippen molar-refractivity contribution in [3.8, 4) is 0 Å². The molecule has 2 aromatic rings. The lowest BCUT2D eigenvalue weighted by molar-refractivity contribution is -0.203. The van der Waals surface area contributed by atoms with E-state index in [0.29, 0.717) is 19.4 Å². The predicted octanol–water partition coefficient (Wildman–Crippen LogP) is 1.30. The Hall–Kier alpha value is -3.48. The molecule has 0 spiro atoms. The van der Waals surface area contributed by atoms with Crippen molar-refractivity contribution in [3.63, 3.8) is 0 Å². The normalized spacial score (nSPS) is 28.2. The number of H-pyrrole nitrogens is 1. The van der Waals surface area contributed by atoms with Gasteiger partial charge in [0.25, 0.3) is 5.56 Å². The highest BCUT2D eigenvalue weighted by Gasteiger charge is 2.56. The fourth-order valence-corrected chi connectivity index (χ4v) is 4.94. The summed E-state index contributed by atoms with van der Waals surface area (Å²) >= 11 is 0. The summed E-state index contributed by atoms with van der Waals surface area (Å²) in [5.41, 5.74) is -0.341. The molecule has 1 aromatic carbocycles. The van der Waals surface area contributed by atoms with Crippen molar-refractivity contribution in [2.45, 2.75) is 69.7 Å². The van der Waals surface area contributed by atoms with Crippen molar-refractivity contribution in [1.82, 2.24) is 14.5 Å². The summed E-state index contributed by atoms with van der Waals surface area (Å²) in [5, 5.41) is 0. The molecule has 1 aromatic heterocycles.